The van der Waals surface area contributed by atoms with E-state index in [1.807, 2.05) is 19.0 Å². The molecule has 2 amide bonds. The van der Waals surface area contributed by atoms with Gasteiger partial charge in [0.05, 0.1) is 6.10 Å². The largest absolute Gasteiger partial charge is 0.376 e. The van der Waals surface area contributed by atoms with Crippen molar-refractivity contribution in [3.05, 3.63) is 34.9 Å². The molecule has 0 bridgehead atoms. The zero-order valence-corrected chi connectivity index (χ0v) is 15.5. The number of hydrogen-bond acceptors (Lipinski definition) is 3. The molecule has 1 fully saturated rings. The number of carbonyl (C=O) groups excluding carboxylic acids is 1. The minimum absolute atomic E-state index is 0.00872. The summed E-state index contributed by atoms with van der Waals surface area (Å²) in [6.45, 7) is 7.81. The summed E-state index contributed by atoms with van der Waals surface area (Å²) in [5.74, 6) is 0. The lowest BCUT2D eigenvalue weighted by atomic mass is 10.1. The van der Waals surface area contributed by atoms with Gasteiger partial charge in [-0.1, -0.05) is 18.2 Å². The minimum Gasteiger partial charge on any atom is -0.376 e. The third kappa shape index (κ3) is 5.80. The molecule has 2 rings (SSSR count). The van der Waals surface area contributed by atoms with Gasteiger partial charge in [-0.05, 0) is 57.5 Å². The first-order chi connectivity index (χ1) is 11.5. The van der Waals surface area contributed by atoms with E-state index in [-0.39, 0.29) is 12.1 Å². The van der Waals surface area contributed by atoms with Crippen LogP contribution in [0.15, 0.2) is 18.2 Å². The Morgan fingerprint density at radius 2 is 2.04 bits per heavy atom. The first-order valence-corrected chi connectivity index (χ1v) is 8.81. The third-order valence-corrected chi connectivity index (χ3v) is 4.57. The average molecular weight is 333 g/mol. The highest BCUT2D eigenvalue weighted by atomic mass is 16.5. The number of amides is 2. The summed E-state index contributed by atoms with van der Waals surface area (Å²) in [5.41, 5.74) is 3.66. The summed E-state index contributed by atoms with van der Waals surface area (Å²) in [4.78, 5) is 16.6. The number of rotatable bonds is 7. The van der Waals surface area contributed by atoms with Gasteiger partial charge >= 0.3 is 6.03 Å². The van der Waals surface area contributed by atoms with E-state index < -0.39 is 0 Å². The standard InChI is InChI=1S/C19H31N3O2/c1-15-7-8-17(12-16(15)2)13-20-19(23)22(10-9-21(3)4)14-18-6-5-11-24-18/h7-8,12,18H,5-6,9-11,13-14H2,1-4H3,(H,20,23)/t18-/m1/s1. The second kappa shape index (κ2) is 9.04. The highest BCUT2D eigenvalue weighted by molar-refractivity contribution is 5.74. The van der Waals surface area contributed by atoms with Gasteiger partial charge in [0.1, 0.15) is 0 Å². The molecule has 0 saturated carbocycles. The first kappa shape index (κ1) is 18.7. The molecule has 5 nitrogen and oxygen atoms in total. The van der Waals surface area contributed by atoms with Crippen LogP contribution in [-0.2, 0) is 11.3 Å². The predicted octanol–water partition coefficient (Wildman–Crippen LogP) is 2.56. The molecule has 1 saturated heterocycles. The third-order valence-electron chi connectivity index (χ3n) is 4.57. The molecule has 5 heteroatoms. The predicted molar refractivity (Wildman–Crippen MR) is 97.3 cm³/mol. The van der Waals surface area contributed by atoms with Gasteiger partial charge in [-0.15, -0.1) is 0 Å². The van der Waals surface area contributed by atoms with E-state index in [2.05, 4.69) is 42.3 Å². The lowest BCUT2D eigenvalue weighted by Crippen LogP contribution is -2.46. The molecule has 1 heterocycles. The molecule has 1 atom stereocenters. The van der Waals surface area contributed by atoms with Crippen LogP contribution in [0.3, 0.4) is 0 Å². The number of benzene rings is 1. The molecular formula is C19H31N3O2. The van der Waals surface area contributed by atoms with Crippen LogP contribution in [0.2, 0.25) is 0 Å². The van der Waals surface area contributed by atoms with E-state index in [0.717, 1.165) is 31.6 Å². The summed E-state index contributed by atoms with van der Waals surface area (Å²) in [6, 6.07) is 6.31. The fraction of sp³-hybridized carbons (Fsp3) is 0.632. The molecule has 0 radical (unpaired) electrons. The zero-order chi connectivity index (χ0) is 17.5. The number of carbonyl (C=O) groups is 1. The highest BCUT2D eigenvalue weighted by Crippen LogP contribution is 2.14. The topological polar surface area (TPSA) is 44.8 Å². The van der Waals surface area contributed by atoms with Crippen molar-refractivity contribution < 1.29 is 9.53 Å². The number of ether oxygens (including phenoxy) is 1. The van der Waals surface area contributed by atoms with Crippen molar-refractivity contribution in [2.45, 2.75) is 39.3 Å². The maximum atomic E-state index is 12.6. The van der Waals surface area contributed by atoms with Crippen molar-refractivity contribution in [3.63, 3.8) is 0 Å². The molecule has 1 aromatic rings. The number of nitrogens with one attached hydrogen (secondary N) is 1. The summed E-state index contributed by atoms with van der Waals surface area (Å²) in [5, 5.41) is 3.06. The Labute approximate surface area is 146 Å². The van der Waals surface area contributed by atoms with Gasteiger partial charge in [-0.25, -0.2) is 4.79 Å². The van der Waals surface area contributed by atoms with Crippen molar-refractivity contribution >= 4 is 6.03 Å². The van der Waals surface area contributed by atoms with E-state index in [0.29, 0.717) is 19.6 Å². The lowest BCUT2D eigenvalue weighted by molar-refractivity contribution is 0.0795. The van der Waals surface area contributed by atoms with Crippen LogP contribution in [0.25, 0.3) is 0 Å². The quantitative estimate of drug-likeness (QED) is 0.834. The minimum atomic E-state index is -0.00872. The van der Waals surface area contributed by atoms with Crippen molar-refractivity contribution in [2.75, 3.05) is 40.3 Å². The highest BCUT2D eigenvalue weighted by Gasteiger charge is 2.22. The Hall–Kier alpha value is -1.59. The van der Waals surface area contributed by atoms with Crippen LogP contribution >= 0.6 is 0 Å². The smallest absolute Gasteiger partial charge is 0.317 e. The Kier molecular flexibility index (Phi) is 7.06. The second-order valence-corrected chi connectivity index (χ2v) is 6.96. The van der Waals surface area contributed by atoms with Crippen LogP contribution in [0, 0.1) is 13.8 Å². The van der Waals surface area contributed by atoms with E-state index in [1.165, 1.54) is 11.1 Å². The van der Waals surface area contributed by atoms with Crippen LogP contribution in [0.5, 0.6) is 0 Å². The molecule has 0 unspecified atom stereocenters. The second-order valence-electron chi connectivity index (χ2n) is 6.96. The fourth-order valence-corrected chi connectivity index (χ4v) is 2.83. The summed E-state index contributed by atoms with van der Waals surface area (Å²) < 4.78 is 5.70. The number of likely N-dealkylation sites (N-methyl/N-ethyl adjacent to an activating group) is 1. The van der Waals surface area contributed by atoms with Crippen molar-refractivity contribution in [1.29, 1.82) is 0 Å². The van der Waals surface area contributed by atoms with E-state index in [4.69, 9.17) is 4.74 Å². The Morgan fingerprint density at radius 3 is 2.67 bits per heavy atom. The monoisotopic (exact) mass is 333 g/mol. The van der Waals surface area contributed by atoms with Crippen LogP contribution < -0.4 is 5.32 Å². The molecule has 1 N–H and O–H groups in total. The van der Waals surface area contributed by atoms with Crippen LogP contribution in [0.4, 0.5) is 4.79 Å². The maximum absolute atomic E-state index is 12.6. The van der Waals surface area contributed by atoms with E-state index in [1.54, 1.807) is 0 Å². The molecule has 134 valence electrons. The van der Waals surface area contributed by atoms with Crippen molar-refractivity contribution in [3.8, 4) is 0 Å². The van der Waals surface area contributed by atoms with Gasteiger partial charge in [-0.3, -0.25) is 0 Å². The van der Waals surface area contributed by atoms with Gasteiger partial charge in [0.15, 0.2) is 0 Å². The molecule has 0 aromatic heterocycles. The molecule has 1 aromatic carbocycles. The van der Waals surface area contributed by atoms with Gasteiger partial charge in [0, 0.05) is 32.8 Å². The number of nitrogens with zero attached hydrogens (tertiary/aromatic N) is 2. The molecule has 1 aliphatic heterocycles. The summed E-state index contributed by atoms with van der Waals surface area (Å²) in [6.07, 6.45) is 2.32. The Bertz CT molecular complexity index is 539. The zero-order valence-electron chi connectivity index (χ0n) is 15.5. The van der Waals surface area contributed by atoms with Gasteiger partial charge < -0.3 is 19.9 Å². The molecule has 1 aliphatic rings. The molecule has 24 heavy (non-hydrogen) atoms. The molecular weight excluding hydrogens is 302 g/mol. The van der Waals surface area contributed by atoms with Crippen molar-refractivity contribution in [1.82, 2.24) is 15.1 Å². The Morgan fingerprint density at radius 1 is 1.25 bits per heavy atom. The normalized spacial score (nSPS) is 17.3. The van der Waals surface area contributed by atoms with Crippen LogP contribution in [0.1, 0.15) is 29.5 Å². The SMILES string of the molecule is Cc1ccc(CNC(=O)N(CCN(C)C)C[C@H]2CCCO2)cc1C. The van der Waals surface area contributed by atoms with Gasteiger partial charge in [-0.2, -0.15) is 0 Å². The van der Waals surface area contributed by atoms with Crippen molar-refractivity contribution in [2.24, 2.45) is 0 Å². The maximum Gasteiger partial charge on any atom is 0.317 e. The van der Waals surface area contributed by atoms with Gasteiger partial charge in [0.25, 0.3) is 0 Å². The fourth-order valence-electron chi connectivity index (χ4n) is 2.83. The molecule has 0 aliphatic carbocycles. The van der Waals surface area contributed by atoms with E-state index in [9.17, 15) is 4.79 Å². The average Bonchev–Trinajstić information content (AvgIpc) is 3.05. The number of urea groups is 1. The number of aryl methyl sites for hydroxylation is 2. The first-order valence-electron chi connectivity index (χ1n) is 8.81. The lowest BCUT2D eigenvalue weighted by Gasteiger charge is -2.27. The van der Waals surface area contributed by atoms with E-state index >= 15 is 0 Å². The van der Waals surface area contributed by atoms with Crippen LogP contribution in [-0.4, -0.2) is 62.3 Å². The Balaban J connectivity index is 1.90. The summed E-state index contributed by atoms with van der Waals surface area (Å²) in [7, 11) is 4.05. The van der Waals surface area contributed by atoms with Gasteiger partial charge in [0.2, 0.25) is 0 Å². The number of hydrogen-bond donors (Lipinski definition) is 1. The summed E-state index contributed by atoms with van der Waals surface area (Å²) >= 11 is 0. The molecule has 0 spiro atoms.